The summed E-state index contributed by atoms with van der Waals surface area (Å²) in [5, 5.41) is 7.46. The first-order valence-electron chi connectivity index (χ1n) is 5.14. The molecule has 0 saturated carbocycles. The standard InChI is InChI=1S/C12H14BrN3/c1-14-8-12-11(7-15-16(12)2)9-3-5-10(13)6-4-9/h3-7,14H,8H2,1-2H3. The van der Waals surface area contributed by atoms with Gasteiger partial charge in [-0.15, -0.1) is 0 Å². The highest BCUT2D eigenvalue weighted by Gasteiger charge is 2.09. The smallest absolute Gasteiger partial charge is 0.0597 e. The zero-order valence-electron chi connectivity index (χ0n) is 9.37. The molecule has 0 aliphatic rings. The molecule has 0 bridgehead atoms. The van der Waals surface area contributed by atoms with Gasteiger partial charge in [0.2, 0.25) is 0 Å². The molecule has 4 heteroatoms. The van der Waals surface area contributed by atoms with Crippen LogP contribution in [-0.2, 0) is 13.6 Å². The van der Waals surface area contributed by atoms with Gasteiger partial charge in [-0.05, 0) is 24.7 Å². The minimum atomic E-state index is 0.821. The van der Waals surface area contributed by atoms with Crippen LogP contribution in [-0.4, -0.2) is 16.8 Å². The van der Waals surface area contributed by atoms with Gasteiger partial charge in [0.1, 0.15) is 0 Å². The molecular weight excluding hydrogens is 266 g/mol. The lowest BCUT2D eigenvalue weighted by Gasteiger charge is -2.05. The molecule has 16 heavy (non-hydrogen) atoms. The van der Waals surface area contributed by atoms with Gasteiger partial charge in [-0.1, -0.05) is 28.1 Å². The molecule has 0 atom stereocenters. The molecule has 1 N–H and O–H groups in total. The van der Waals surface area contributed by atoms with E-state index in [2.05, 4.69) is 38.5 Å². The summed E-state index contributed by atoms with van der Waals surface area (Å²) in [6.07, 6.45) is 1.91. The molecule has 0 unspecified atom stereocenters. The Labute approximate surface area is 104 Å². The predicted molar refractivity (Wildman–Crippen MR) is 69.1 cm³/mol. The van der Waals surface area contributed by atoms with Crippen molar-refractivity contribution in [3.63, 3.8) is 0 Å². The highest BCUT2D eigenvalue weighted by molar-refractivity contribution is 9.10. The third-order valence-electron chi connectivity index (χ3n) is 2.56. The maximum absolute atomic E-state index is 4.30. The summed E-state index contributed by atoms with van der Waals surface area (Å²) < 4.78 is 3.00. The molecule has 1 aromatic heterocycles. The Morgan fingerprint density at radius 2 is 2.00 bits per heavy atom. The quantitative estimate of drug-likeness (QED) is 0.936. The molecule has 0 spiro atoms. The minimum absolute atomic E-state index is 0.821. The topological polar surface area (TPSA) is 29.9 Å². The maximum Gasteiger partial charge on any atom is 0.0597 e. The van der Waals surface area contributed by atoms with Crippen molar-refractivity contribution in [1.29, 1.82) is 0 Å². The van der Waals surface area contributed by atoms with Crippen LogP contribution in [0.2, 0.25) is 0 Å². The summed E-state index contributed by atoms with van der Waals surface area (Å²) >= 11 is 3.44. The summed E-state index contributed by atoms with van der Waals surface area (Å²) in [5.74, 6) is 0. The van der Waals surface area contributed by atoms with Gasteiger partial charge in [0.25, 0.3) is 0 Å². The van der Waals surface area contributed by atoms with Crippen molar-refractivity contribution in [2.45, 2.75) is 6.54 Å². The SMILES string of the molecule is CNCc1c(-c2ccc(Br)cc2)cnn1C. The van der Waals surface area contributed by atoms with Crippen molar-refractivity contribution in [3.05, 3.63) is 40.6 Å². The van der Waals surface area contributed by atoms with E-state index in [-0.39, 0.29) is 0 Å². The second-order valence-corrected chi connectivity index (χ2v) is 4.58. The number of benzene rings is 1. The molecule has 1 heterocycles. The lowest BCUT2D eigenvalue weighted by molar-refractivity contribution is 0.673. The van der Waals surface area contributed by atoms with Crippen molar-refractivity contribution in [3.8, 4) is 11.1 Å². The molecule has 0 radical (unpaired) electrons. The minimum Gasteiger partial charge on any atom is -0.314 e. The fourth-order valence-electron chi connectivity index (χ4n) is 1.71. The van der Waals surface area contributed by atoms with Crippen molar-refractivity contribution in [2.24, 2.45) is 7.05 Å². The Kier molecular flexibility index (Phi) is 3.41. The number of hydrogen-bond acceptors (Lipinski definition) is 2. The molecule has 1 aromatic carbocycles. The Balaban J connectivity index is 2.43. The summed E-state index contributed by atoms with van der Waals surface area (Å²) in [4.78, 5) is 0. The van der Waals surface area contributed by atoms with Crippen LogP contribution in [0.25, 0.3) is 11.1 Å². The number of aryl methyl sites for hydroxylation is 1. The number of nitrogens with one attached hydrogen (secondary N) is 1. The molecule has 0 amide bonds. The normalized spacial score (nSPS) is 10.7. The monoisotopic (exact) mass is 279 g/mol. The average Bonchev–Trinajstić information content (AvgIpc) is 2.63. The van der Waals surface area contributed by atoms with Crippen molar-refractivity contribution in [2.75, 3.05) is 7.05 Å². The lowest BCUT2D eigenvalue weighted by Crippen LogP contribution is -2.10. The summed E-state index contributed by atoms with van der Waals surface area (Å²) in [7, 11) is 3.91. The van der Waals surface area contributed by atoms with E-state index >= 15 is 0 Å². The third-order valence-corrected chi connectivity index (χ3v) is 3.09. The second kappa shape index (κ2) is 4.80. The van der Waals surface area contributed by atoms with E-state index in [0.717, 1.165) is 11.0 Å². The highest BCUT2D eigenvalue weighted by atomic mass is 79.9. The van der Waals surface area contributed by atoms with E-state index in [1.807, 2.05) is 37.1 Å². The van der Waals surface area contributed by atoms with Gasteiger partial charge in [0.15, 0.2) is 0 Å². The molecule has 0 saturated heterocycles. The molecular formula is C12H14BrN3. The van der Waals surface area contributed by atoms with E-state index in [9.17, 15) is 0 Å². The van der Waals surface area contributed by atoms with Gasteiger partial charge < -0.3 is 5.32 Å². The molecule has 2 aromatic rings. The van der Waals surface area contributed by atoms with E-state index in [0.29, 0.717) is 0 Å². The van der Waals surface area contributed by atoms with Gasteiger partial charge in [0, 0.05) is 23.6 Å². The molecule has 3 nitrogen and oxygen atoms in total. The second-order valence-electron chi connectivity index (χ2n) is 3.67. The van der Waals surface area contributed by atoms with Crippen molar-refractivity contribution >= 4 is 15.9 Å². The first-order valence-corrected chi connectivity index (χ1v) is 5.93. The Hall–Kier alpha value is -1.13. The van der Waals surface area contributed by atoms with Crippen LogP contribution in [0.1, 0.15) is 5.69 Å². The number of aromatic nitrogens is 2. The van der Waals surface area contributed by atoms with Crippen LogP contribution < -0.4 is 5.32 Å². The van der Waals surface area contributed by atoms with Gasteiger partial charge in [0.05, 0.1) is 11.9 Å². The number of halogens is 1. The van der Waals surface area contributed by atoms with E-state index < -0.39 is 0 Å². The Morgan fingerprint density at radius 1 is 1.31 bits per heavy atom. The first kappa shape index (κ1) is 11.4. The van der Waals surface area contributed by atoms with E-state index in [4.69, 9.17) is 0 Å². The summed E-state index contributed by atoms with van der Waals surface area (Å²) in [5.41, 5.74) is 3.58. The predicted octanol–water partition coefficient (Wildman–Crippen LogP) is 2.57. The van der Waals surface area contributed by atoms with Gasteiger partial charge in [-0.3, -0.25) is 4.68 Å². The zero-order valence-corrected chi connectivity index (χ0v) is 11.0. The molecule has 84 valence electrons. The molecule has 2 rings (SSSR count). The molecule has 0 aliphatic carbocycles. The number of rotatable bonds is 3. The van der Waals surface area contributed by atoms with Gasteiger partial charge in [-0.2, -0.15) is 5.10 Å². The largest absolute Gasteiger partial charge is 0.314 e. The number of nitrogens with zero attached hydrogens (tertiary/aromatic N) is 2. The van der Waals surface area contributed by atoms with Crippen LogP contribution in [0.15, 0.2) is 34.9 Å². The average molecular weight is 280 g/mol. The highest BCUT2D eigenvalue weighted by Crippen LogP contribution is 2.24. The van der Waals surface area contributed by atoms with Gasteiger partial charge in [-0.25, -0.2) is 0 Å². The lowest BCUT2D eigenvalue weighted by atomic mass is 10.1. The van der Waals surface area contributed by atoms with Crippen LogP contribution in [0.4, 0.5) is 0 Å². The Bertz CT molecular complexity index is 474. The fraction of sp³-hybridized carbons (Fsp3) is 0.250. The first-order chi connectivity index (χ1) is 7.72. The van der Waals surface area contributed by atoms with E-state index in [1.165, 1.54) is 16.8 Å². The third kappa shape index (κ3) is 2.18. The van der Waals surface area contributed by atoms with Gasteiger partial charge >= 0.3 is 0 Å². The Morgan fingerprint density at radius 3 is 2.62 bits per heavy atom. The molecule has 0 aliphatic heterocycles. The van der Waals surface area contributed by atoms with Crippen LogP contribution in [0.5, 0.6) is 0 Å². The fourth-order valence-corrected chi connectivity index (χ4v) is 1.97. The summed E-state index contributed by atoms with van der Waals surface area (Å²) in [6.45, 7) is 0.821. The van der Waals surface area contributed by atoms with Crippen molar-refractivity contribution < 1.29 is 0 Å². The van der Waals surface area contributed by atoms with Crippen LogP contribution >= 0.6 is 15.9 Å². The van der Waals surface area contributed by atoms with Crippen LogP contribution in [0.3, 0.4) is 0 Å². The molecule has 0 fully saturated rings. The zero-order chi connectivity index (χ0) is 11.5. The van der Waals surface area contributed by atoms with E-state index in [1.54, 1.807) is 0 Å². The summed E-state index contributed by atoms with van der Waals surface area (Å²) in [6, 6.07) is 8.29. The number of hydrogen-bond donors (Lipinski definition) is 1. The maximum atomic E-state index is 4.30. The van der Waals surface area contributed by atoms with Crippen LogP contribution in [0, 0.1) is 0 Å². The van der Waals surface area contributed by atoms with Crippen molar-refractivity contribution in [1.82, 2.24) is 15.1 Å².